The Bertz CT molecular complexity index is 893. The van der Waals surface area contributed by atoms with E-state index in [9.17, 15) is 19.2 Å². The van der Waals surface area contributed by atoms with Gasteiger partial charge in [-0.15, -0.1) is 0 Å². The van der Waals surface area contributed by atoms with Crippen molar-refractivity contribution in [2.24, 2.45) is 0 Å². The van der Waals surface area contributed by atoms with E-state index < -0.39 is 17.6 Å². The first-order chi connectivity index (χ1) is 13.4. The third-order valence-corrected chi connectivity index (χ3v) is 3.70. The van der Waals surface area contributed by atoms with Gasteiger partial charge in [0.05, 0.1) is 0 Å². The molecule has 0 aliphatic rings. The first-order valence-corrected chi connectivity index (χ1v) is 8.51. The van der Waals surface area contributed by atoms with Gasteiger partial charge in [-0.2, -0.15) is 0 Å². The lowest BCUT2D eigenvalue weighted by atomic mass is 10.2. The maximum absolute atomic E-state index is 12.3. The number of pyridine rings is 1. The van der Waals surface area contributed by atoms with Gasteiger partial charge in [-0.05, 0) is 17.7 Å². The first kappa shape index (κ1) is 20.7. The summed E-state index contributed by atoms with van der Waals surface area (Å²) in [5, 5.41) is 4.73. The van der Waals surface area contributed by atoms with Gasteiger partial charge in [-0.3, -0.25) is 14.4 Å². The molecule has 9 heteroatoms. The van der Waals surface area contributed by atoms with Gasteiger partial charge in [0.15, 0.2) is 0 Å². The fraction of sp³-hybridized carbons (Fsp3) is 0.263. The average Bonchev–Trinajstić information content (AvgIpc) is 2.68. The highest BCUT2D eigenvalue weighted by Crippen LogP contribution is 2.01. The fourth-order valence-electron chi connectivity index (χ4n) is 2.16. The van der Waals surface area contributed by atoms with Crippen molar-refractivity contribution in [3.8, 4) is 0 Å². The van der Waals surface area contributed by atoms with E-state index in [4.69, 9.17) is 4.74 Å². The van der Waals surface area contributed by atoms with E-state index in [0.29, 0.717) is 0 Å². The zero-order valence-electron chi connectivity index (χ0n) is 15.7. The summed E-state index contributed by atoms with van der Waals surface area (Å²) in [6.45, 7) is -0.421. The van der Waals surface area contributed by atoms with Crippen LogP contribution in [0.4, 0.5) is 10.5 Å². The summed E-state index contributed by atoms with van der Waals surface area (Å²) in [7, 11) is 3.17. The first-order valence-electron chi connectivity index (χ1n) is 8.51. The van der Waals surface area contributed by atoms with Gasteiger partial charge in [-0.1, -0.05) is 30.3 Å². The lowest BCUT2D eigenvalue weighted by molar-refractivity contribution is -0.129. The minimum atomic E-state index is -0.749. The summed E-state index contributed by atoms with van der Waals surface area (Å²) < 4.78 is 6.19. The third-order valence-electron chi connectivity index (χ3n) is 3.70. The highest BCUT2D eigenvalue weighted by atomic mass is 16.5. The molecule has 0 atom stereocenters. The number of rotatable bonds is 7. The number of amides is 3. The Labute approximate surface area is 161 Å². The number of anilines is 1. The summed E-state index contributed by atoms with van der Waals surface area (Å²) in [5.74, 6) is -0.848. The molecule has 2 aromatic rings. The van der Waals surface area contributed by atoms with Gasteiger partial charge in [0.1, 0.15) is 25.4 Å². The normalized spacial score (nSPS) is 10.1. The number of nitrogens with zero attached hydrogens (tertiary/aromatic N) is 2. The molecular formula is C19H22N4O5. The number of aromatic nitrogens is 1. The van der Waals surface area contributed by atoms with E-state index in [1.54, 1.807) is 20.2 Å². The van der Waals surface area contributed by atoms with Crippen molar-refractivity contribution < 1.29 is 19.1 Å². The van der Waals surface area contributed by atoms with E-state index in [1.165, 1.54) is 21.7 Å². The van der Waals surface area contributed by atoms with Crippen LogP contribution in [0.3, 0.4) is 0 Å². The molecular weight excluding hydrogens is 364 g/mol. The average molecular weight is 386 g/mol. The van der Waals surface area contributed by atoms with Gasteiger partial charge in [-0.25, -0.2) is 4.79 Å². The SMILES string of the molecule is CN(C)C(=O)Cn1cccc(NC(=O)CNC(=O)OCc2ccccc2)c1=O. The summed E-state index contributed by atoms with van der Waals surface area (Å²) in [6.07, 6.45) is 0.708. The second-order valence-corrected chi connectivity index (χ2v) is 6.11. The Morgan fingerprint density at radius 3 is 2.46 bits per heavy atom. The van der Waals surface area contributed by atoms with E-state index >= 15 is 0 Å². The quantitative estimate of drug-likeness (QED) is 0.732. The fourth-order valence-corrected chi connectivity index (χ4v) is 2.16. The summed E-state index contributed by atoms with van der Waals surface area (Å²) in [6, 6.07) is 12.1. The monoisotopic (exact) mass is 386 g/mol. The Kier molecular flexibility index (Phi) is 7.32. The van der Waals surface area contributed by atoms with Gasteiger partial charge in [0.2, 0.25) is 11.8 Å². The molecule has 9 nitrogen and oxygen atoms in total. The molecule has 0 saturated carbocycles. The molecule has 0 aliphatic carbocycles. The van der Waals surface area contributed by atoms with Crippen molar-refractivity contribution in [1.29, 1.82) is 0 Å². The summed E-state index contributed by atoms with van der Waals surface area (Å²) in [4.78, 5) is 49.1. The molecule has 0 radical (unpaired) electrons. The molecule has 1 aromatic carbocycles. The standard InChI is InChI=1S/C19H22N4O5/c1-22(2)17(25)12-23-10-6-9-15(18(23)26)21-16(24)11-20-19(27)28-13-14-7-4-3-5-8-14/h3-10H,11-13H2,1-2H3,(H,20,27)(H,21,24). The Balaban J connectivity index is 1.85. The molecule has 0 fully saturated rings. The molecule has 0 spiro atoms. The lowest BCUT2D eigenvalue weighted by Crippen LogP contribution is -2.36. The number of alkyl carbamates (subject to hydrolysis) is 1. The van der Waals surface area contributed by atoms with Crippen LogP contribution in [-0.4, -0.2) is 48.0 Å². The molecule has 2 rings (SSSR count). The second kappa shape index (κ2) is 9.91. The highest BCUT2D eigenvalue weighted by Gasteiger charge is 2.12. The van der Waals surface area contributed by atoms with Gasteiger partial charge < -0.3 is 24.8 Å². The van der Waals surface area contributed by atoms with Gasteiger partial charge in [0.25, 0.3) is 5.56 Å². The third kappa shape index (κ3) is 6.27. The number of nitrogens with one attached hydrogen (secondary N) is 2. The van der Waals surface area contributed by atoms with Crippen LogP contribution in [0, 0.1) is 0 Å². The predicted octanol–water partition coefficient (Wildman–Crippen LogP) is 0.801. The molecule has 0 unspecified atom stereocenters. The van der Waals surface area contributed by atoms with Gasteiger partial charge >= 0.3 is 6.09 Å². The molecule has 2 N–H and O–H groups in total. The van der Waals surface area contributed by atoms with Crippen LogP contribution >= 0.6 is 0 Å². The highest BCUT2D eigenvalue weighted by molar-refractivity contribution is 5.93. The van der Waals surface area contributed by atoms with Crippen molar-refractivity contribution in [3.05, 3.63) is 64.6 Å². The summed E-state index contributed by atoms with van der Waals surface area (Å²) >= 11 is 0. The van der Waals surface area contributed by atoms with Crippen LogP contribution in [0.2, 0.25) is 0 Å². The Morgan fingerprint density at radius 1 is 1.07 bits per heavy atom. The topological polar surface area (TPSA) is 110 Å². The number of carbonyl (C=O) groups excluding carboxylic acids is 3. The number of benzene rings is 1. The molecule has 1 aromatic heterocycles. The van der Waals surface area contributed by atoms with Crippen molar-refractivity contribution in [2.75, 3.05) is 26.0 Å². The zero-order chi connectivity index (χ0) is 20.5. The van der Waals surface area contributed by atoms with Gasteiger partial charge in [0, 0.05) is 20.3 Å². The Morgan fingerprint density at radius 2 is 1.79 bits per heavy atom. The van der Waals surface area contributed by atoms with E-state index in [2.05, 4.69) is 10.6 Å². The van der Waals surface area contributed by atoms with Crippen LogP contribution in [0.25, 0.3) is 0 Å². The predicted molar refractivity (Wildman–Crippen MR) is 103 cm³/mol. The molecule has 148 valence electrons. The number of likely N-dealkylation sites (N-methyl/N-ethyl adjacent to an activating group) is 1. The van der Waals surface area contributed by atoms with E-state index in [-0.39, 0.29) is 31.3 Å². The van der Waals surface area contributed by atoms with Crippen LogP contribution in [0.5, 0.6) is 0 Å². The zero-order valence-corrected chi connectivity index (χ0v) is 15.7. The number of hydrogen-bond acceptors (Lipinski definition) is 5. The van der Waals surface area contributed by atoms with Crippen LogP contribution in [-0.2, 0) is 27.5 Å². The largest absolute Gasteiger partial charge is 0.445 e. The van der Waals surface area contributed by atoms with Crippen LogP contribution < -0.4 is 16.2 Å². The minimum absolute atomic E-state index is 0.0125. The van der Waals surface area contributed by atoms with E-state index in [0.717, 1.165) is 5.56 Å². The second-order valence-electron chi connectivity index (χ2n) is 6.11. The van der Waals surface area contributed by atoms with Crippen molar-refractivity contribution in [3.63, 3.8) is 0 Å². The molecule has 1 heterocycles. The van der Waals surface area contributed by atoms with Crippen molar-refractivity contribution in [1.82, 2.24) is 14.8 Å². The maximum atomic E-state index is 12.3. The minimum Gasteiger partial charge on any atom is -0.445 e. The maximum Gasteiger partial charge on any atom is 0.407 e. The molecule has 0 saturated heterocycles. The molecule has 0 aliphatic heterocycles. The van der Waals surface area contributed by atoms with Crippen molar-refractivity contribution >= 4 is 23.6 Å². The molecule has 3 amide bonds. The summed E-state index contributed by atoms with van der Waals surface area (Å²) in [5.41, 5.74) is 0.315. The number of hydrogen-bond donors (Lipinski definition) is 2. The Hall–Kier alpha value is -3.62. The lowest BCUT2D eigenvalue weighted by Gasteiger charge is -2.13. The van der Waals surface area contributed by atoms with Crippen LogP contribution in [0.1, 0.15) is 5.56 Å². The number of carbonyl (C=O) groups is 3. The molecule has 0 bridgehead atoms. The smallest absolute Gasteiger partial charge is 0.407 e. The number of ether oxygens (including phenoxy) is 1. The van der Waals surface area contributed by atoms with Crippen LogP contribution in [0.15, 0.2) is 53.5 Å². The van der Waals surface area contributed by atoms with E-state index in [1.807, 2.05) is 30.3 Å². The van der Waals surface area contributed by atoms with Crippen molar-refractivity contribution in [2.45, 2.75) is 13.2 Å². The molecule has 28 heavy (non-hydrogen) atoms.